The third-order valence-electron chi connectivity index (χ3n) is 7.21. The highest BCUT2D eigenvalue weighted by molar-refractivity contribution is 7.27. The molecule has 4 unspecified atom stereocenters. The minimum atomic E-state index is -1.90. The molecular formula is C29H41N4O5P. The second-order valence-electron chi connectivity index (χ2n) is 10.2. The molecule has 1 aliphatic rings. The number of morpholine rings is 1. The van der Waals surface area contributed by atoms with Crippen molar-refractivity contribution >= 4 is 38.7 Å². The summed E-state index contributed by atoms with van der Waals surface area (Å²) >= 11 is 0. The zero-order chi connectivity index (χ0) is 28.6. The number of nitrogens with one attached hydrogen (secondary N) is 2. The van der Waals surface area contributed by atoms with Gasteiger partial charge in [-0.3, -0.25) is 19.4 Å². The van der Waals surface area contributed by atoms with E-state index in [9.17, 15) is 19.5 Å². The Morgan fingerprint density at radius 1 is 1.18 bits per heavy atom. The Morgan fingerprint density at radius 3 is 2.49 bits per heavy atom. The van der Waals surface area contributed by atoms with E-state index in [4.69, 9.17) is 4.74 Å². The molecule has 0 aliphatic carbocycles. The molecule has 10 heteroatoms. The fourth-order valence-corrected chi connectivity index (χ4v) is 5.55. The van der Waals surface area contributed by atoms with Crippen molar-refractivity contribution in [3.05, 3.63) is 58.7 Å². The number of anilines is 1. The second kappa shape index (κ2) is 14.1. The predicted octanol–water partition coefficient (Wildman–Crippen LogP) is 2.07. The highest BCUT2D eigenvalue weighted by atomic mass is 31.0. The van der Waals surface area contributed by atoms with Crippen LogP contribution in [0.1, 0.15) is 53.7 Å². The summed E-state index contributed by atoms with van der Waals surface area (Å²) in [4.78, 5) is 39.3. The van der Waals surface area contributed by atoms with Gasteiger partial charge in [0, 0.05) is 63.9 Å². The van der Waals surface area contributed by atoms with Crippen molar-refractivity contribution in [2.24, 2.45) is 0 Å². The van der Waals surface area contributed by atoms with Crippen LogP contribution in [-0.4, -0.2) is 78.5 Å². The zero-order valence-corrected chi connectivity index (χ0v) is 24.4. The highest BCUT2D eigenvalue weighted by Gasteiger charge is 2.39. The largest absolute Gasteiger partial charge is 0.381 e. The minimum absolute atomic E-state index is 0.0181. The molecule has 3 N–H and O–H groups in total. The van der Waals surface area contributed by atoms with Crippen LogP contribution in [0.2, 0.25) is 0 Å². The summed E-state index contributed by atoms with van der Waals surface area (Å²) in [6.45, 7) is 7.45. The molecule has 0 spiro atoms. The number of benzene rings is 2. The van der Waals surface area contributed by atoms with Crippen molar-refractivity contribution in [1.82, 2.24) is 15.1 Å². The normalized spacial score (nSPS) is 19.4. The number of carbonyl (C=O) groups excluding carboxylic acids is 3. The van der Waals surface area contributed by atoms with E-state index in [1.54, 1.807) is 19.2 Å². The molecule has 0 saturated carbocycles. The molecule has 4 atom stereocenters. The third-order valence-corrected chi connectivity index (χ3v) is 7.95. The first-order chi connectivity index (χ1) is 18.6. The van der Waals surface area contributed by atoms with Crippen molar-refractivity contribution in [2.75, 3.05) is 32.5 Å². The molecule has 2 aromatic rings. The van der Waals surface area contributed by atoms with Crippen LogP contribution in [-0.2, 0) is 34.0 Å². The Hall–Kier alpha value is -2.68. The lowest BCUT2D eigenvalue weighted by atomic mass is 10.0. The first kappa shape index (κ1) is 30.9. The van der Waals surface area contributed by atoms with Crippen LogP contribution in [0.25, 0.3) is 0 Å². The topological polar surface area (TPSA) is 111 Å². The lowest BCUT2D eigenvalue weighted by Gasteiger charge is -2.36. The van der Waals surface area contributed by atoms with Gasteiger partial charge in [-0.1, -0.05) is 30.3 Å². The lowest BCUT2D eigenvalue weighted by molar-refractivity contribution is -0.163. The number of hydrogen-bond donors (Lipinski definition) is 3. The van der Waals surface area contributed by atoms with E-state index in [0.29, 0.717) is 24.0 Å². The van der Waals surface area contributed by atoms with Crippen LogP contribution in [0.15, 0.2) is 36.4 Å². The predicted molar refractivity (Wildman–Crippen MR) is 156 cm³/mol. The van der Waals surface area contributed by atoms with Crippen LogP contribution >= 0.6 is 9.24 Å². The SMILES string of the molecule is CNC(=O)C(O)(CCC=O)N(C)Cc1c(C=O)cccc1NCc1cccc(CN2CC(C)OC(C)C2)c1P. The number of amides is 1. The summed E-state index contributed by atoms with van der Waals surface area (Å²) in [5.41, 5.74) is 2.27. The number of ether oxygens (including phenoxy) is 1. The van der Waals surface area contributed by atoms with Gasteiger partial charge < -0.3 is 25.3 Å². The summed E-state index contributed by atoms with van der Waals surface area (Å²) in [6, 6.07) is 11.7. The minimum Gasteiger partial charge on any atom is -0.381 e. The van der Waals surface area contributed by atoms with Crippen molar-refractivity contribution in [1.29, 1.82) is 0 Å². The summed E-state index contributed by atoms with van der Waals surface area (Å²) in [5, 5.41) is 18.2. The Morgan fingerprint density at radius 2 is 1.85 bits per heavy atom. The standard InChI is InChI=1S/C29H41N4O5P/c1-20-15-33(16-21(2)38-20)17-23-9-5-8-22(27(23)39)14-31-26-11-6-10-24(19-35)25(26)18-32(4)29(37,12-7-13-34)28(36)30-3/h5-6,8-11,13,19-21,31,37H,7,12,14-18,39H2,1-4H3,(H,30,36). The summed E-state index contributed by atoms with van der Waals surface area (Å²) in [6.07, 6.45) is 1.79. The number of aliphatic hydroxyl groups is 1. The van der Waals surface area contributed by atoms with E-state index >= 15 is 0 Å². The molecule has 1 saturated heterocycles. The highest BCUT2D eigenvalue weighted by Crippen LogP contribution is 2.26. The Bertz CT molecular complexity index is 1150. The van der Waals surface area contributed by atoms with E-state index in [1.807, 2.05) is 6.07 Å². The molecule has 1 heterocycles. The molecule has 212 valence electrons. The monoisotopic (exact) mass is 556 g/mol. The molecule has 2 aromatic carbocycles. The van der Waals surface area contributed by atoms with Gasteiger partial charge in [0.05, 0.1) is 12.2 Å². The Kier molecular flexibility index (Phi) is 11.2. The number of likely N-dealkylation sites (N-methyl/N-ethyl adjacent to an activating group) is 2. The number of aldehydes is 2. The molecule has 0 radical (unpaired) electrons. The van der Waals surface area contributed by atoms with Crippen LogP contribution < -0.4 is 15.9 Å². The first-order valence-electron chi connectivity index (χ1n) is 13.3. The van der Waals surface area contributed by atoms with Crippen molar-refractivity contribution < 1.29 is 24.2 Å². The van der Waals surface area contributed by atoms with Crippen LogP contribution in [0.4, 0.5) is 5.69 Å². The van der Waals surface area contributed by atoms with Gasteiger partial charge in [-0.05, 0) is 49.0 Å². The first-order valence-corrected chi connectivity index (χ1v) is 13.8. The molecule has 1 aliphatic heterocycles. The van der Waals surface area contributed by atoms with Gasteiger partial charge in [0.25, 0.3) is 5.91 Å². The fourth-order valence-electron chi connectivity index (χ4n) is 5.17. The van der Waals surface area contributed by atoms with Gasteiger partial charge in [0.15, 0.2) is 5.72 Å². The van der Waals surface area contributed by atoms with Gasteiger partial charge in [0.1, 0.15) is 12.6 Å². The lowest BCUT2D eigenvalue weighted by Crippen LogP contribution is -2.56. The molecular weight excluding hydrogens is 515 g/mol. The van der Waals surface area contributed by atoms with Crippen molar-refractivity contribution in [3.63, 3.8) is 0 Å². The maximum atomic E-state index is 12.6. The zero-order valence-electron chi connectivity index (χ0n) is 23.3. The van der Waals surface area contributed by atoms with Crippen molar-refractivity contribution in [3.8, 4) is 0 Å². The molecule has 9 nitrogen and oxygen atoms in total. The van der Waals surface area contributed by atoms with Gasteiger partial charge in [-0.15, -0.1) is 9.24 Å². The number of carbonyl (C=O) groups is 3. The van der Waals surface area contributed by atoms with Crippen LogP contribution in [0.3, 0.4) is 0 Å². The van der Waals surface area contributed by atoms with E-state index in [1.165, 1.54) is 17.5 Å². The summed E-state index contributed by atoms with van der Waals surface area (Å²) < 4.78 is 5.87. The smallest absolute Gasteiger partial charge is 0.267 e. The fraction of sp³-hybridized carbons (Fsp3) is 0.483. The van der Waals surface area contributed by atoms with Gasteiger partial charge >= 0.3 is 0 Å². The maximum Gasteiger partial charge on any atom is 0.267 e. The number of nitrogens with zero attached hydrogens (tertiary/aromatic N) is 2. The number of hydrogen-bond acceptors (Lipinski definition) is 8. The second-order valence-corrected chi connectivity index (χ2v) is 10.8. The quantitative estimate of drug-likeness (QED) is 0.195. The maximum absolute atomic E-state index is 12.6. The Labute approximate surface area is 233 Å². The number of rotatable bonds is 13. The van der Waals surface area contributed by atoms with Crippen molar-refractivity contribution in [2.45, 2.75) is 64.3 Å². The average molecular weight is 557 g/mol. The average Bonchev–Trinajstić information content (AvgIpc) is 2.91. The van der Waals surface area contributed by atoms with Crippen LogP contribution in [0, 0.1) is 0 Å². The molecule has 1 fully saturated rings. The van der Waals surface area contributed by atoms with E-state index in [0.717, 1.165) is 42.5 Å². The van der Waals surface area contributed by atoms with Gasteiger partial charge in [0.2, 0.25) is 0 Å². The molecule has 3 rings (SSSR count). The summed E-state index contributed by atoms with van der Waals surface area (Å²) in [5.74, 6) is -0.613. The summed E-state index contributed by atoms with van der Waals surface area (Å²) in [7, 11) is 5.91. The third kappa shape index (κ3) is 7.71. The molecule has 39 heavy (non-hydrogen) atoms. The van der Waals surface area contributed by atoms with E-state index < -0.39 is 11.6 Å². The van der Waals surface area contributed by atoms with Crippen LogP contribution in [0.5, 0.6) is 0 Å². The Balaban J connectivity index is 1.81. The molecule has 0 aromatic heterocycles. The van der Waals surface area contributed by atoms with E-state index in [-0.39, 0.29) is 31.6 Å². The van der Waals surface area contributed by atoms with E-state index in [2.05, 4.69) is 56.8 Å². The molecule has 0 bridgehead atoms. The molecule has 1 amide bonds. The van der Waals surface area contributed by atoms with Gasteiger partial charge in [-0.2, -0.15) is 0 Å². The van der Waals surface area contributed by atoms with Gasteiger partial charge in [-0.25, -0.2) is 0 Å².